The quantitative estimate of drug-likeness (QED) is 0.527. The topological polar surface area (TPSA) is 50.4 Å². The molecule has 0 aliphatic carbocycles. The molecule has 0 unspecified atom stereocenters. The SMILES string of the molecule is CCCCCCC(=O)NC(=S)Nc1ccc(OCCC)cc1. The van der Waals surface area contributed by atoms with Crippen LogP contribution in [-0.4, -0.2) is 17.6 Å². The largest absolute Gasteiger partial charge is 0.494 e. The van der Waals surface area contributed by atoms with Crippen molar-refractivity contribution in [2.24, 2.45) is 0 Å². The van der Waals surface area contributed by atoms with Crippen LogP contribution in [-0.2, 0) is 4.79 Å². The Kier molecular flexibility index (Phi) is 9.23. The van der Waals surface area contributed by atoms with Crippen molar-refractivity contribution in [3.8, 4) is 5.75 Å². The number of carbonyl (C=O) groups is 1. The van der Waals surface area contributed by atoms with E-state index in [4.69, 9.17) is 17.0 Å². The van der Waals surface area contributed by atoms with Crippen LogP contribution in [0.2, 0.25) is 0 Å². The molecule has 22 heavy (non-hydrogen) atoms. The zero-order valence-corrected chi connectivity index (χ0v) is 14.3. The van der Waals surface area contributed by atoms with Crippen LogP contribution in [0.3, 0.4) is 0 Å². The van der Waals surface area contributed by atoms with Crippen LogP contribution in [0.1, 0.15) is 52.4 Å². The molecule has 5 heteroatoms. The number of carbonyl (C=O) groups excluding carboxylic acids is 1. The monoisotopic (exact) mass is 322 g/mol. The van der Waals surface area contributed by atoms with Gasteiger partial charge in [-0.25, -0.2) is 0 Å². The number of thiocarbonyl (C=S) groups is 1. The van der Waals surface area contributed by atoms with Gasteiger partial charge in [-0.15, -0.1) is 0 Å². The Morgan fingerprint density at radius 3 is 2.45 bits per heavy atom. The molecular formula is C17H26N2O2S. The lowest BCUT2D eigenvalue weighted by Crippen LogP contribution is -2.33. The van der Waals surface area contributed by atoms with Crippen LogP contribution >= 0.6 is 12.2 Å². The fraction of sp³-hybridized carbons (Fsp3) is 0.529. The first kappa shape index (κ1) is 18.4. The van der Waals surface area contributed by atoms with Gasteiger partial charge in [0.15, 0.2) is 5.11 Å². The van der Waals surface area contributed by atoms with Gasteiger partial charge in [0.1, 0.15) is 5.75 Å². The van der Waals surface area contributed by atoms with Crippen molar-refractivity contribution in [3.05, 3.63) is 24.3 Å². The minimum absolute atomic E-state index is 0.0310. The summed E-state index contributed by atoms with van der Waals surface area (Å²) < 4.78 is 5.51. The van der Waals surface area contributed by atoms with Crippen LogP contribution in [0.4, 0.5) is 5.69 Å². The molecule has 0 aliphatic rings. The second-order valence-electron chi connectivity index (χ2n) is 5.19. The maximum atomic E-state index is 11.7. The van der Waals surface area contributed by atoms with Crippen molar-refractivity contribution >= 4 is 28.9 Å². The summed E-state index contributed by atoms with van der Waals surface area (Å²) >= 11 is 5.14. The average molecular weight is 322 g/mol. The standard InChI is InChI=1S/C17H26N2O2S/c1-3-5-6-7-8-16(20)19-17(22)18-14-9-11-15(12-10-14)21-13-4-2/h9-12H,3-8,13H2,1-2H3,(H2,18,19,20,22). The van der Waals surface area contributed by atoms with Gasteiger partial charge < -0.3 is 15.4 Å². The Balaban J connectivity index is 2.30. The third-order valence-corrected chi connectivity index (χ3v) is 3.30. The fourth-order valence-electron chi connectivity index (χ4n) is 1.92. The van der Waals surface area contributed by atoms with Crippen LogP contribution in [0.15, 0.2) is 24.3 Å². The van der Waals surface area contributed by atoms with E-state index in [1.165, 1.54) is 12.8 Å². The van der Waals surface area contributed by atoms with Crippen molar-refractivity contribution in [1.29, 1.82) is 0 Å². The second-order valence-corrected chi connectivity index (χ2v) is 5.59. The molecule has 0 spiro atoms. The lowest BCUT2D eigenvalue weighted by molar-refractivity contribution is -0.119. The van der Waals surface area contributed by atoms with Crippen molar-refractivity contribution in [2.75, 3.05) is 11.9 Å². The van der Waals surface area contributed by atoms with Crippen LogP contribution in [0, 0.1) is 0 Å². The summed E-state index contributed by atoms with van der Waals surface area (Å²) in [4.78, 5) is 11.7. The van der Waals surface area contributed by atoms with Crippen molar-refractivity contribution in [3.63, 3.8) is 0 Å². The highest BCUT2D eigenvalue weighted by molar-refractivity contribution is 7.80. The van der Waals surface area contributed by atoms with Crippen molar-refractivity contribution < 1.29 is 9.53 Å². The Morgan fingerprint density at radius 1 is 1.09 bits per heavy atom. The van der Waals surface area contributed by atoms with Crippen LogP contribution in [0.5, 0.6) is 5.75 Å². The van der Waals surface area contributed by atoms with E-state index in [1.54, 1.807) is 0 Å². The number of unbranched alkanes of at least 4 members (excludes halogenated alkanes) is 3. The summed E-state index contributed by atoms with van der Waals surface area (Å²) in [5.41, 5.74) is 0.833. The van der Waals surface area contributed by atoms with E-state index in [2.05, 4.69) is 24.5 Å². The van der Waals surface area contributed by atoms with Gasteiger partial charge in [0.2, 0.25) is 5.91 Å². The Bertz CT molecular complexity index is 460. The second kappa shape index (κ2) is 11.0. The third-order valence-electron chi connectivity index (χ3n) is 3.10. The molecule has 1 aromatic rings. The first-order valence-electron chi connectivity index (χ1n) is 7.99. The van der Waals surface area contributed by atoms with Gasteiger partial charge in [-0.3, -0.25) is 4.79 Å². The average Bonchev–Trinajstić information content (AvgIpc) is 2.51. The molecule has 4 nitrogen and oxygen atoms in total. The molecule has 1 rings (SSSR count). The molecule has 0 radical (unpaired) electrons. The molecule has 0 aliphatic heterocycles. The molecule has 0 fully saturated rings. The van der Waals surface area contributed by atoms with E-state index in [1.807, 2.05) is 24.3 Å². The minimum atomic E-state index is -0.0310. The van der Waals surface area contributed by atoms with Gasteiger partial charge in [0, 0.05) is 12.1 Å². The number of amides is 1. The van der Waals surface area contributed by atoms with Crippen LogP contribution < -0.4 is 15.4 Å². The van der Waals surface area contributed by atoms with Gasteiger partial charge >= 0.3 is 0 Å². The highest BCUT2D eigenvalue weighted by atomic mass is 32.1. The first-order valence-corrected chi connectivity index (χ1v) is 8.40. The smallest absolute Gasteiger partial charge is 0.226 e. The molecule has 0 atom stereocenters. The Morgan fingerprint density at radius 2 is 1.82 bits per heavy atom. The minimum Gasteiger partial charge on any atom is -0.494 e. The molecule has 0 saturated heterocycles. The number of benzene rings is 1. The van der Waals surface area contributed by atoms with E-state index in [0.29, 0.717) is 18.1 Å². The van der Waals surface area contributed by atoms with Gasteiger partial charge in [-0.1, -0.05) is 33.1 Å². The molecule has 0 heterocycles. The highest BCUT2D eigenvalue weighted by Crippen LogP contribution is 2.15. The van der Waals surface area contributed by atoms with Crippen molar-refractivity contribution in [2.45, 2.75) is 52.4 Å². The summed E-state index contributed by atoms with van der Waals surface area (Å²) in [5, 5.41) is 6.04. The number of hydrogen-bond acceptors (Lipinski definition) is 3. The van der Waals surface area contributed by atoms with Gasteiger partial charge in [-0.05, 0) is 49.3 Å². The Hall–Kier alpha value is -1.62. The third kappa shape index (κ3) is 7.98. The molecular weight excluding hydrogens is 296 g/mol. The van der Waals surface area contributed by atoms with E-state index >= 15 is 0 Å². The highest BCUT2D eigenvalue weighted by Gasteiger charge is 2.05. The molecule has 1 aromatic carbocycles. The number of anilines is 1. The molecule has 0 saturated carbocycles. The van der Waals surface area contributed by atoms with Gasteiger partial charge in [0.05, 0.1) is 6.61 Å². The zero-order valence-electron chi connectivity index (χ0n) is 13.5. The fourth-order valence-corrected chi connectivity index (χ4v) is 2.15. The summed E-state index contributed by atoms with van der Waals surface area (Å²) in [5.74, 6) is 0.801. The van der Waals surface area contributed by atoms with E-state index < -0.39 is 0 Å². The number of ether oxygens (including phenoxy) is 1. The summed E-state index contributed by atoms with van der Waals surface area (Å²) in [6, 6.07) is 7.52. The lowest BCUT2D eigenvalue weighted by Gasteiger charge is -2.10. The maximum absolute atomic E-state index is 11.7. The van der Waals surface area contributed by atoms with Gasteiger partial charge in [0.25, 0.3) is 0 Å². The summed E-state index contributed by atoms with van der Waals surface area (Å²) in [7, 11) is 0. The van der Waals surface area contributed by atoms with Crippen molar-refractivity contribution in [1.82, 2.24) is 5.32 Å². The maximum Gasteiger partial charge on any atom is 0.226 e. The molecule has 1 amide bonds. The normalized spacial score (nSPS) is 10.1. The molecule has 2 N–H and O–H groups in total. The number of rotatable bonds is 9. The predicted octanol–water partition coefficient (Wildman–Crippen LogP) is 4.26. The summed E-state index contributed by atoms with van der Waals surface area (Å²) in [6.45, 7) is 4.93. The van der Waals surface area contributed by atoms with Gasteiger partial charge in [-0.2, -0.15) is 0 Å². The molecule has 0 bridgehead atoms. The zero-order chi connectivity index (χ0) is 16.2. The number of hydrogen-bond donors (Lipinski definition) is 2. The first-order chi connectivity index (χ1) is 10.7. The van der Waals surface area contributed by atoms with E-state index in [9.17, 15) is 4.79 Å². The predicted molar refractivity (Wildman–Crippen MR) is 95.4 cm³/mol. The van der Waals surface area contributed by atoms with E-state index in [0.717, 1.165) is 30.7 Å². The Labute approximate surface area is 138 Å². The molecule has 0 aromatic heterocycles. The van der Waals surface area contributed by atoms with Crippen LogP contribution in [0.25, 0.3) is 0 Å². The lowest BCUT2D eigenvalue weighted by atomic mass is 10.1. The van der Waals surface area contributed by atoms with E-state index in [-0.39, 0.29) is 5.91 Å². The molecule has 122 valence electrons. The number of nitrogens with one attached hydrogen (secondary N) is 2. The summed E-state index contributed by atoms with van der Waals surface area (Å²) in [6.07, 6.45) is 5.83.